The first-order valence-corrected chi connectivity index (χ1v) is 12.1. The number of rotatable bonds is 4. The van der Waals surface area contributed by atoms with Crippen molar-refractivity contribution < 1.29 is 5.11 Å². The van der Waals surface area contributed by atoms with E-state index in [1.165, 1.54) is 16.6 Å². The van der Waals surface area contributed by atoms with Crippen LogP contribution < -0.4 is 0 Å². The molecule has 0 aliphatic heterocycles. The van der Waals surface area contributed by atoms with Gasteiger partial charge in [0.1, 0.15) is 0 Å². The number of aromatic nitrogens is 6. The number of fused-ring (bicyclic) bond motifs is 2. The quantitative estimate of drug-likeness (QED) is 0.429. The molecule has 7 heteroatoms. The molecule has 7 rings (SSSR count). The molecule has 2 fully saturated rings. The Kier molecular flexibility index (Phi) is 4.36. The summed E-state index contributed by atoms with van der Waals surface area (Å²) < 4.78 is 4.22. The largest absolute Gasteiger partial charge is 0.393 e. The van der Waals surface area contributed by atoms with E-state index in [1.54, 1.807) is 0 Å². The number of imidazole rings is 1. The summed E-state index contributed by atoms with van der Waals surface area (Å²) in [4.78, 5) is 13.8. The van der Waals surface area contributed by atoms with Crippen molar-refractivity contribution in [3.8, 4) is 11.1 Å². The minimum absolute atomic E-state index is 0.0309. The minimum atomic E-state index is -0.161. The number of aliphatic hydroxyl groups excluding tert-OH is 1. The molecule has 4 heterocycles. The fraction of sp³-hybridized carbons (Fsp3) is 0.333. The predicted octanol–water partition coefficient (Wildman–Crippen LogP) is 4.70. The monoisotopic (exact) mass is 450 g/mol. The first-order chi connectivity index (χ1) is 16.7. The SMILES string of the molecule is OC1CCC(n2cc(-c3cnc4ncc(C5(c6ccc7ncccc7c6)CC5)n4c3)cn2)CC1. The van der Waals surface area contributed by atoms with Crippen molar-refractivity contribution in [3.05, 3.63) is 78.8 Å². The van der Waals surface area contributed by atoms with Crippen molar-refractivity contribution in [2.24, 2.45) is 0 Å². The van der Waals surface area contributed by atoms with Crippen LogP contribution >= 0.6 is 0 Å². The van der Waals surface area contributed by atoms with E-state index in [-0.39, 0.29) is 11.5 Å². The van der Waals surface area contributed by atoms with Crippen LogP contribution in [0.5, 0.6) is 0 Å². The highest BCUT2D eigenvalue weighted by molar-refractivity contribution is 5.79. The van der Waals surface area contributed by atoms with Crippen LogP contribution in [0.4, 0.5) is 0 Å². The number of hydrogen-bond donors (Lipinski definition) is 1. The molecular weight excluding hydrogens is 424 g/mol. The topological polar surface area (TPSA) is 81.1 Å². The fourth-order valence-corrected chi connectivity index (χ4v) is 5.58. The first kappa shape index (κ1) is 19.9. The maximum atomic E-state index is 9.82. The van der Waals surface area contributed by atoms with Crippen molar-refractivity contribution in [2.75, 3.05) is 0 Å². The Hall–Kier alpha value is -3.58. The minimum Gasteiger partial charge on any atom is -0.393 e. The summed E-state index contributed by atoms with van der Waals surface area (Å²) in [5, 5.41) is 15.6. The third kappa shape index (κ3) is 3.15. The lowest BCUT2D eigenvalue weighted by atomic mass is 9.91. The molecule has 7 nitrogen and oxygen atoms in total. The van der Waals surface area contributed by atoms with Gasteiger partial charge in [-0.1, -0.05) is 12.1 Å². The Morgan fingerprint density at radius 3 is 2.56 bits per heavy atom. The van der Waals surface area contributed by atoms with Gasteiger partial charge in [0.05, 0.1) is 35.8 Å². The van der Waals surface area contributed by atoms with Gasteiger partial charge in [0.15, 0.2) is 0 Å². The molecule has 1 N–H and O–H groups in total. The van der Waals surface area contributed by atoms with Gasteiger partial charge in [-0.25, -0.2) is 9.97 Å². The maximum absolute atomic E-state index is 9.82. The summed E-state index contributed by atoms with van der Waals surface area (Å²) in [6, 6.07) is 11.1. The lowest BCUT2D eigenvalue weighted by Crippen LogP contribution is -2.21. The summed E-state index contributed by atoms with van der Waals surface area (Å²) in [5.74, 6) is 0.723. The van der Waals surface area contributed by atoms with Crippen molar-refractivity contribution in [3.63, 3.8) is 0 Å². The number of hydrogen-bond acceptors (Lipinski definition) is 5. The predicted molar refractivity (Wildman–Crippen MR) is 129 cm³/mol. The van der Waals surface area contributed by atoms with Crippen LogP contribution in [0.25, 0.3) is 27.8 Å². The van der Waals surface area contributed by atoms with Gasteiger partial charge in [-0.15, -0.1) is 0 Å². The molecule has 34 heavy (non-hydrogen) atoms. The summed E-state index contributed by atoms with van der Waals surface area (Å²) >= 11 is 0. The van der Waals surface area contributed by atoms with Crippen LogP contribution in [-0.2, 0) is 5.41 Å². The molecule has 5 aromatic rings. The average molecular weight is 451 g/mol. The Morgan fingerprint density at radius 2 is 1.71 bits per heavy atom. The molecule has 0 radical (unpaired) electrons. The Morgan fingerprint density at radius 1 is 0.882 bits per heavy atom. The molecule has 170 valence electrons. The molecule has 0 unspecified atom stereocenters. The van der Waals surface area contributed by atoms with Gasteiger partial charge >= 0.3 is 0 Å². The van der Waals surface area contributed by atoms with Crippen LogP contribution in [0.3, 0.4) is 0 Å². The second kappa shape index (κ2) is 7.46. The van der Waals surface area contributed by atoms with E-state index in [0.29, 0.717) is 6.04 Å². The van der Waals surface area contributed by atoms with Crippen LogP contribution in [-0.4, -0.2) is 40.3 Å². The van der Waals surface area contributed by atoms with Gasteiger partial charge in [-0.3, -0.25) is 14.1 Å². The van der Waals surface area contributed by atoms with Gasteiger partial charge < -0.3 is 5.11 Å². The highest BCUT2D eigenvalue weighted by Gasteiger charge is 2.48. The van der Waals surface area contributed by atoms with Gasteiger partial charge in [0, 0.05) is 46.7 Å². The number of nitrogens with zero attached hydrogens (tertiary/aromatic N) is 6. The number of pyridine rings is 1. The summed E-state index contributed by atoms with van der Waals surface area (Å²) in [6.07, 6.45) is 17.6. The molecule has 2 aliphatic carbocycles. The summed E-state index contributed by atoms with van der Waals surface area (Å²) in [5.41, 5.74) is 5.58. The van der Waals surface area contributed by atoms with Crippen LogP contribution in [0, 0.1) is 0 Å². The van der Waals surface area contributed by atoms with Gasteiger partial charge in [-0.2, -0.15) is 5.10 Å². The van der Waals surface area contributed by atoms with Gasteiger partial charge in [-0.05, 0) is 62.3 Å². The van der Waals surface area contributed by atoms with Crippen molar-refractivity contribution in [1.82, 2.24) is 29.1 Å². The summed E-state index contributed by atoms with van der Waals surface area (Å²) in [7, 11) is 0. The lowest BCUT2D eigenvalue weighted by molar-refractivity contribution is 0.108. The molecule has 2 saturated carbocycles. The van der Waals surface area contributed by atoms with Crippen LogP contribution in [0.15, 0.2) is 67.5 Å². The second-order valence-electron chi connectivity index (χ2n) is 9.82. The third-order valence-corrected chi connectivity index (χ3v) is 7.74. The zero-order valence-corrected chi connectivity index (χ0v) is 18.9. The van der Waals surface area contributed by atoms with E-state index in [2.05, 4.69) is 65.8 Å². The van der Waals surface area contributed by atoms with E-state index in [0.717, 1.165) is 60.9 Å². The molecule has 1 aromatic carbocycles. The van der Waals surface area contributed by atoms with E-state index < -0.39 is 0 Å². The van der Waals surface area contributed by atoms with E-state index in [4.69, 9.17) is 0 Å². The van der Waals surface area contributed by atoms with E-state index in [9.17, 15) is 5.11 Å². The number of benzene rings is 1. The molecule has 4 aromatic heterocycles. The molecule has 0 spiro atoms. The van der Waals surface area contributed by atoms with Gasteiger partial charge in [0.25, 0.3) is 0 Å². The van der Waals surface area contributed by atoms with Crippen molar-refractivity contribution in [1.29, 1.82) is 0 Å². The third-order valence-electron chi connectivity index (χ3n) is 7.74. The molecule has 0 saturated heterocycles. The number of aliphatic hydroxyl groups is 1. The molecular formula is C27H26N6O. The molecule has 0 amide bonds. The maximum Gasteiger partial charge on any atom is 0.233 e. The highest BCUT2D eigenvalue weighted by atomic mass is 16.3. The molecule has 0 atom stereocenters. The first-order valence-electron chi connectivity index (χ1n) is 12.1. The highest BCUT2D eigenvalue weighted by Crippen LogP contribution is 2.53. The Bertz CT molecular complexity index is 1510. The second-order valence-corrected chi connectivity index (χ2v) is 9.82. The van der Waals surface area contributed by atoms with Crippen molar-refractivity contribution >= 4 is 16.7 Å². The molecule has 2 aliphatic rings. The normalized spacial score (nSPS) is 21.8. The smallest absolute Gasteiger partial charge is 0.233 e. The van der Waals surface area contributed by atoms with Crippen LogP contribution in [0.1, 0.15) is 55.8 Å². The zero-order valence-electron chi connectivity index (χ0n) is 18.9. The standard InChI is InChI=1S/C27H26N6O/c34-23-6-4-22(5-7-23)33-17-20(14-31-33)19-13-29-26-30-15-25(32(26)16-19)27(9-10-27)21-3-8-24-18(12-21)2-1-11-28-24/h1-3,8,11-17,22-23,34H,4-7,9-10H2. The fourth-order valence-electron chi connectivity index (χ4n) is 5.58. The van der Waals surface area contributed by atoms with Crippen LogP contribution in [0.2, 0.25) is 0 Å². The lowest BCUT2D eigenvalue weighted by Gasteiger charge is -2.25. The summed E-state index contributed by atoms with van der Waals surface area (Å²) in [6.45, 7) is 0. The van der Waals surface area contributed by atoms with E-state index >= 15 is 0 Å². The zero-order chi connectivity index (χ0) is 22.7. The Balaban J connectivity index is 1.25. The van der Waals surface area contributed by atoms with E-state index in [1.807, 2.05) is 30.9 Å². The van der Waals surface area contributed by atoms with Crippen molar-refractivity contribution in [2.45, 2.75) is 56.1 Å². The molecule has 0 bridgehead atoms. The average Bonchev–Trinajstić information content (AvgIpc) is 3.33. The van der Waals surface area contributed by atoms with Gasteiger partial charge in [0.2, 0.25) is 5.78 Å². The Labute approximate surface area is 197 Å².